The van der Waals surface area contributed by atoms with Crippen molar-refractivity contribution in [1.29, 1.82) is 0 Å². The molecule has 0 saturated carbocycles. The average Bonchev–Trinajstić information content (AvgIpc) is 2.46. The summed E-state index contributed by atoms with van der Waals surface area (Å²) in [6.07, 6.45) is 0. The molecule has 0 aliphatic heterocycles. The minimum Gasteiger partial charge on any atom is -0.497 e. The molecule has 0 aliphatic rings. The van der Waals surface area contributed by atoms with Crippen molar-refractivity contribution in [1.82, 2.24) is 0 Å². The van der Waals surface area contributed by atoms with E-state index >= 15 is 0 Å². The molecular formula is C15H16N2O3. The van der Waals surface area contributed by atoms with Crippen LogP contribution in [0.5, 0.6) is 5.75 Å². The Morgan fingerprint density at radius 1 is 1.25 bits per heavy atom. The Bertz CT molecular complexity index is 609. The van der Waals surface area contributed by atoms with Crippen LogP contribution in [0.3, 0.4) is 0 Å². The van der Waals surface area contributed by atoms with E-state index in [1.807, 2.05) is 24.3 Å². The molecule has 2 aromatic carbocycles. The van der Waals surface area contributed by atoms with E-state index in [0.29, 0.717) is 17.9 Å². The van der Waals surface area contributed by atoms with Crippen LogP contribution in [-0.4, -0.2) is 18.2 Å². The van der Waals surface area contributed by atoms with Gasteiger partial charge in [-0.05, 0) is 35.9 Å². The standard InChI is InChI=1S/C15H16N2O3/c1-20-12-5-2-10(3-6-12)9-17-14-8-11(15(18)19)4-7-13(14)16/h2-8,17H,9,16H2,1H3,(H,18,19). The van der Waals surface area contributed by atoms with Crippen LogP contribution in [0.25, 0.3) is 0 Å². The number of aromatic carboxylic acids is 1. The van der Waals surface area contributed by atoms with Crippen LogP contribution in [0.2, 0.25) is 0 Å². The Morgan fingerprint density at radius 3 is 2.55 bits per heavy atom. The molecule has 0 unspecified atom stereocenters. The number of nitrogen functional groups attached to an aromatic ring is 1. The first-order chi connectivity index (χ1) is 9.60. The SMILES string of the molecule is COc1ccc(CNc2cc(C(=O)O)ccc2N)cc1. The molecule has 2 aromatic rings. The number of carboxylic acid groups (broad SMARTS) is 1. The number of methoxy groups -OCH3 is 1. The van der Waals surface area contributed by atoms with Gasteiger partial charge < -0.3 is 20.9 Å². The van der Waals surface area contributed by atoms with E-state index < -0.39 is 5.97 Å². The third kappa shape index (κ3) is 3.20. The quantitative estimate of drug-likeness (QED) is 0.728. The average molecular weight is 272 g/mol. The van der Waals surface area contributed by atoms with Gasteiger partial charge in [-0.25, -0.2) is 4.79 Å². The molecule has 4 N–H and O–H groups in total. The molecule has 5 heteroatoms. The summed E-state index contributed by atoms with van der Waals surface area (Å²) in [6, 6.07) is 12.2. The van der Waals surface area contributed by atoms with Crippen molar-refractivity contribution < 1.29 is 14.6 Å². The maximum absolute atomic E-state index is 10.9. The van der Waals surface area contributed by atoms with E-state index in [1.165, 1.54) is 12.1 Å². The van der Waals surface area contributed by atoms with Gasteiger partial charge in [0.25, 0.3) is 0 Å². The van der Waals surface area contributed by atoms with Gasteiger partial charge in [0.05, 0.1) is 24.0 Å². The molecular weight excluding hydrogens is 256 g/mol. The maximum Gasteiger partial charge on any atom is 0.335 e. The first-order valence-corrected chi connectivity index (χ1v) is 6.10. The number of nitrogens with one attached hydrogen (secondary N) is 1. The summed E-state index contributed by atoms with van der Waals surface area (Å²) in [5.41, 5.74) is 8.21. The molecule has 2 rings (SSSR count). The predicted molar refractivity (Wildman–Crippen MR) is 78.1 cm³/mol. The summed E-state index contributed by atoms with van der Waals surface area (Å²) < 4.78 is 5.09. The maximum atomic E-state index is 10.9. The number of carbonyl (C=O) groups is 1. The zero-order valence-electron chi connectivity index (χ0n) is 11.1. The van der Waals surface area contributed by atoms with Gasteiger partial charge in [0, 0.05) is 6.54 Å². The molecule has 0 amide bonds. The van der Waals surface area contributed by atoms with Gasteiger partial charge in [-0.2, -0.15) is 0 Å². The predicted octanol–water partition coefficient (Wildman–Crippen LogP) is 2.59. The Labute approximate surface area is 117 Å². The molecule has 20 heavy (non-hydrogen) atoms. The lowest BCUT2D eigenvalue weighted by Crippen LogP contribution is -2.05. The van der Waals surface area contributed by atoms with E-state index in [9.17, 15) is 4.79 Å². The Kier molecular flexibility index (Phi) is 4.10. The first-order valence-electron chi connectivity index (χ1n) is 6.10. The van der Waals surface area contributed by atoms with Gasteiger partial charge in [0.15, 0.2) is 0 Å². The smallest absolute Gasteiger partial charge is 0.335 e. The number of anilines is 2. The monoisotopic (exact) mass is 272 g/mol. The Morgan fingerprint density at radius 2 is 1.95 bits per heavy atom. The van der Waals surface area contributed by atoms with E-state index in [1.54, 1.807) is 13.2 Å². The highest BCUT2D eigenvalue weighted by Crippen LogP contribution is 2.21. The summed E-state index contributed by atoms with van der Waals surface area (Å²) in [7, 11) is 1.62. The fraction of sp³-hybridized carbons (Fsp3) is 0.133. The van der Waals surface area contributed by atoms with E-state index in [0.717, 1.165) is 11.3 Å². The topological polar surface area (TPSA) is 84.6 Å². The number of hydrogen-bond acceptors (Lipinski definition) is 4. The number of nitrogens with two attached hydrogens (primary N) is 1. The number of benzene rings is 2. The third-order valence-corrected chi connectivity index (χ3v) is 2.94. The van der Waals surface area contributed by atoms with Crippen LogP contribution < -0.4 is 15.8 Å². The fourth-order valence-corrected chi connectivity index (χ4v) is 1.78. The number of hydrogen-bond donors (Lipinski definition) is 3. The molecule has 5 nitrogen and oxygen atoms in total. The summed E-state index contributed by atoms with van der Waals surface area (Å²) in [5, 5.41) is 12.1. The molecule has 0 aromatic heterocycles. The van der Waals surface area contributed by atoms with Gasteiger partial charge in [0.2, 0.25) is 0 Å². The summed E-state index contributed by atoms with van der Waals surface area (Å²) in [4.78, 5) is 10.9. The molecule has 0 aliphatic carbocycles. The van der Waals surface area contributed by atoms with Crippen LogP contribution in [0, 0.1) is 0 Å². The zero-order chi connectivity index (χ0) is 14.5. The summed E-state index contributed by atoms with van der Waals surface area (Å²) in [5.74, 6) is -0.182. The van der Waals surface area contributed by atoms with E-state index in [2.05, 4.69) is 5.32 Å². The normalized spacial score (nSPS) is 10.1. The Hall–Kier alpha value is -2.69. The molecule has 0 saturated heterocycles. The van der Waals surface area contributed by atoms with Gasteiger partial charge in [-0.15, -0.1) is 0 Å². The first kappa shape index (κ1) is 13.7. The lowest BCUT2D eigenvalue weighted by atomic mass is 10.1. The summed E-state index contributed by atoms with van der Waals surface area (Å²) >= 11 is 0. The van der Waals surface area contributed by atoms with Crippen molar-refractivity contribution in [3.8, 4) is 5.75 Å². The minimum absolute atomic E-state index is 0.205. The van der Waals surface area contributed by atoms with Crippen LogP contribution in [-0.2, 0) is 6.54 Å². The molecule has 0 radical (unpaired) electrons. The van der Waals surface area contributed by atoms with Gasteiger partial charge in [0.1, 0.15) is 5.75 Å². The van der Waals surface area contributed by atoms with Gasteiger partial charge >= 0.3 is 5.97 Å². The van der Waals surface area contributed by atoms with E-state index in [4.69, 9.17) is 15.6 Å². The van der Waals surface area contributed by atoms with Crippen LogP contribution in [0.15, 0.2) is 42.5 Å². The molecule has 0 fully saturated rings. The largest absolute Gasteiger partial charge is 0.497 e. The van der Waals surface area contributed by atoms with Crippen molar-refractivity contribution >= 4 is 17.3 Å². The highest BCUT2D eigenvalue weighted by atomic mass is 16.5. The minimum atomic E-state index is -0.975. The highest BCUT2D eigenvalue weighted by molar-refractivity contribution is 5.90. The molecule has 104 valence electrons. The molecule has 0 heterocycles. The molecule has 0 bridgehead atoms. The highest BCUT2D eigenvalue weighted by Gasteiger charge is 2.06. The van der Waals surface area contributed by atoms with Crippen LogP contribution >= 0.6 is 0 Å². The fourth-order valence-electron chi connectivity index (χ4n) is 1.78. The second-order valence-electron chi connectivity index (χ2n) is 4.31. The third-order valence-electron chi connectivity index (χ3n) is 2.94. The number of rotatable bonds is 5. The summed E-state index contributed by atoms with van der Waals surface area (Å²) in [6.45, 7) is 0.553. The second kappa shape index (κ2) is 5.97. The zero-order valence-corrected chi connectivity index (χ0v) is 11.1. The number of carboxylic acids is 1. The molecule has 0 spiro atoms. The lowest BCUT2D eigenvalue weighted by molar-refractivity contribution is 0.0697. The van der Waals surface area contributed by atoms with Crippen molar-refractivity contribution in [2.24, 2.45) is 0 Å². The van der Waals surface area contributed by atoms with Crippen molar-refractivity contribution in [2.75, 3.05) is 18.2 Å². The van der Waals surface area contributed by atoms with Crippen molar-refractivity contribution in [2.45, 2.75) is 6.54 Å². The van der Waals surface area contributed by atoms with Gasteiger partial charge in [-0.3, -0.25) is 0 Å². The second-order valence-corrected chi connectivity index (χ2v) is 4.31. The van der Waals surface area contributed by atoms with Crippen molar-refractivity contribution in [3.05, 3.63) is 53.6 Å². The lowest BCUT2D eigenvalue weighted by Gasteiger charge is -2.10. The van der Waals surface area contributed by atoms with E-state index in [-0.39, 0.29) is 5.56 Å². The number of ether oxygens (including phenoxy) is 1. The molecule has 0 atom stereocenters. The van der Waals surface area contributed by atoms with Crippen molar-refractivity contribution in [3.63, 3.8) is 0 Å². The van der Waals surface area contributed by atoms with Crippen LogP contribution in [0.1, 0.15) is 15.9 Å². The van der Waals surface area contributed by atoms with Crippen LogP contribution in [0.4, 0.5) is 11.4 Å². The van der Waals surface area contributed by atoms with Gasteiger partial charge in [-0.1, -0.05) is 12.1 Å². The Balaban J connectivity index is 2.09.